The number of hydrogen-bond acceptors (Lipinski definition) is 9. The molecule has 13 heteroatoms. The molecule has 2 heterocycles. The standard InChI is InChI=1S/C27H38N6O6S/c1-6-37-22(34)20-21(29-23(40)31-25(35)38-7-2)30-24(33(20)16-18-12-9-8-10-13-18)32-15-11-14-19(17-32)28-26(36)39-27(3,4)5/h8-10,12-13,19H,6-7,11,14-17H2,1-5H3,(H,28,36)(H2,29,31,35,40). The van der Waals surface area contributed by atoms with Crippen LogP contribution in [0, 0.1) is 0 Å². The molecule has 3 rings (SSSR count). The number of benzene rings is 1. The highest BCUT2D eigenvalue weighted by atomic mass is 32.1. The summed E-state index contributed by atoms with van der Waals surface area (Å²) in [5.41, 5.74) is 0.469. The zero-order chi connectivity index (χ0) is 29.3. The average Bonchev–Trinajstić information content (AvgIpc) is 3.21. The Morgan fingerprint density at radius 1 is 1.07 bits per heavy atom. The monoisotopic (exact) mass is 574 g/mol. The number of anilines is 2. The fourth-order valence-corrected chi connectivity index (χ4v) is 4.42. The van der Waals surface area contributed by atoms with Crippen molar-refractivity contribution in [3.63, 3.8) is 0 Å². The second kappa shape index (κ2) is 14.0. The minimum atomic E-state index is -0.728. The maximum absolute atomic E-state index is 13.3. The van der Waals surface area contributed by atoms with Crippen LogP contribution in [0.3, 0.4) is 0 Å². The van der Waals surface area contributed by atoms with Gasteiger partial charge in [0.05, 0.1) is 19.8 Å². The summed E-state index contributed by atoms with van der Waals surface area (Å²) in [6.07, 6.45) is 0.322. The molecule has 12 nitrogen and oxygen atoms in total. The van der Waals surface area contributed by atoms with Gasteiger partial charge in [-0.3, -0.25) is 9.88 Å². The Labute approximate surface area is 239 Å². The first kappa shape index (κ1) is 30.7. The smallest absolute Gasteiger partial charge is 0.413 e. The van der Waals surface area contributed by atoms with Crippen molar-refractivity contribution in [2.75, 3.05) is 36.5 Å². The summed E-state index contributed by atoms with van der Waals surface area (Å²) >= 11 is 5.29. The number of nitrogens with one attached hydrogen (secondary N) is 3. The molecule has 0 bridgehead atoms. The molecule has 0 aliphatic carbocycles. The van der Waals surface area contributed by atoms with Gasteiger partial charge < -0.3 is 29.7 Å². The summed E-state index contributed by atoms with van der Waals surface area (Å²) < 4.78 is 17.5. The van der Waals surface area contributed by atoms with Gasteiger partial charge in [-0.25, -0.2) is 14.4 Å². The molecule has 0 radical (unpaired) electrons. The van der Waals surface area contributed by atoms with Crippen molar-refractivity contribution in [2.24, 2.45) is 0 Å². The molecule has 1 fully saturated rings. The summed E-state index contributed by atoms with van der Waals surface area (Å²) in [4.78, 5) is 44.4. The number of ether oxygens (including phenoxy) is 3. The van der Waals surface area contributed by atoms with Gasteiger partial charge in [0.1, 0.15) is 5.60 Å². The molecule has 0 spiro atoms. The van der Waals surface area contributed by atoms with E-state index in [0.717, 1.165) is 18.4 Å². The summed E-state index contributed by atoms with van der Waals surface area (Å²) in [6.45, 7) is 10.6. The predicted octanol–water partition coefficient (Wildman–Crippen LogP) is 4.04. The van der Waals surface area contributed by atoms with Gasteiger partial charge in [-0.1, -0.05) is 30.3 Å². The predicted molar refractivity (Wildman–Crippen MR) is 155 cm³/mol. The van der Waals surface area contributed by atoms with Crippen molar-refractivity contribution in [3.05, 3.63) is 41.6 Å². The van der Waals surface area contributed by atoms with Crippen molar-refractivity contribution in [3.8, 4) is 0 Å². The number of thiocarbonyl (C=S) groups is 1. The van der Waals surface area contributed by atoms with Crippen molar-refractivity contribution < 1.29 is 28.6 Å². The number of esters is 1. The number of carbonyl (C=O) groups excluding carboxylic acids is 3. The molecular weight excluding hydrogens is 536 g/mol. The Balaban J connectivity index is 1.98. The lowest BCUT2D eigenvalue weighted by Crippen LogP contribution is -2.49. The van der Waals surface area contributed by atoms with E-state index >= 15 is 0 Å². The largest absolute Gasteiger partial charge is 0.461 e. The lowest BCUT2D eigenvalue weighted by molar-refractivity contribution is 0.0495. The fraction of sp³-hybridized carbons (Fsp3) is 0.519. The third-order valence-electron chi connectivity index (χ3n) is 5.75. The Hall–Kier alpha value is -3.87. The van der Waals surface area contributed by atoms with Crippen LogP contribution < -0.4 is 20.9 Å². The molecule has 1 aliphatic heterocycles. The van der Waals surface area contributed by atoms with Gasteiger partial charge in [0.15, 0.2) is 16.6 Å². The van der Waals surface area contributed by atoms with E-state index in [1.54, 1.807) is 18.4 Å². The number of aromatic nitrogens is 2. The van der Waals surface area contributed by atoms with Crippen LogP contribution in [0.4, 0.5) is 21.4 Å². The molecule has 1 aliphatic rings. The molecule has 1 saturated heterocycles. The highest BCUT2D eigenvalue weighted by Gasteiger charge is 2.31. The first-order valence-electron chi connectivity index (χ1n) is 13.3. The average molecular weight is 575 g/mol. The zero-order valence-electron chi connectivity index (χ0n) is 23.6. The van der Waals surface area contributed by atoms with Crippen molar-refractivity contribution in [1.82, 2.24) is 20.2 Å². The van der Waals surface area contributed by atoms with Crippen molar-refractivity contribution in [2.45, 2.75) is 65.6 Å². The first-order chi connectivity index (χ1) is 19.0. The Morgan fingerprint density at radius 2 is 1.77 bits per heavy atom. The Kier molecular flexibility index (Phi) is 10.7. The van der Waals surface area contributed by atoms with Crippen LogP contribution in [-0.2, 0) is 20.8 Å². The van der Waals surface area contributed by atoms with E-state index in [4.69, 9.17) is 31.4 Å². The molecule has 3 N–H and O–H groups in total. The van der Waals surface area contributed by atoms with Crippen molar-refractivity contribution in [1.29, 1.82) is 0 Å². The van der Waals surface area contributed by atoms with E-state index in [0.29, 0.717) is 25.6 Å². The Bertz CT molecular complexity index is 1200. The number of amides is 2. The molecule has 0 saturated carbocycles. The highest BCUT2D eigenvalue weighted by molar-refractivity contribution is 7.80. The van der Waals surface area contributed by atoms with Gasteiger partial charge in [0.2, 0.25) is 5.95 Å². The molecule has 1 aromatic carbocycles. The number of piperidine rings is 1. The zero-order valence-corrected chi connectivity index (χ0v) is 24.4. The summed E-state index contributed by atoms with van der Waals surface area (Å²) in [6, 6.07) is 9.43. The summed E-state index contributed by atoms with van der Waals surface area (Å²) in [5, 5.41) is 8.14. The van der Waals surface area contributed by atoms with Crippen LogP contribution >= 0.6 is 12.2 Å². The number of rotatable bonds is 8. The Morgan fingerprint density at radius 3 is 2.42 bits per heavy atom. The summed E-state index contributed by atoms with van der Waals surface area (Å²) in [5.74, 6) is 0.0245. The van der Waals surface area contributed by atoms with E-state index in [9.17, 15) is 14.4 Å². The van der Waals surface area contributed by atoms with Gasteiger partial charge in [-0.2, -0.15) is 4.98 Å². The number of hydrogen-bond donors (Lipinski definition) is 3. The van der Waals surface area contributed by atoms with Crippen molar-refractivity contribution >= 4 is 47.3 Å². The van der Waals surface area contributed by atoms with Crippen LogP contribution in [0.25, 0.3) is 0 Å². The molecule has 1 aromatic heterocycles. The number of nitrogens with zero attached hydrogens (tertiary/aromatic N) is 3. The lowest BCUT2D eigenvalue weighted by atomic mass is 10.1. The van der Waals surface area contributed by atoms with Crippen LogP contribution in [0.2, 0.25) is 0 Å². The van der Waals surface area contributed by atoms with E-state index in [2.05, 4.69) is 16.0 Å². The van der Waals surface area contributed by atoms with E-state index in [1.807, 2.05) is 56.0 Å². The van der Waals surface area contributed by atoms with E-state index in [1.165, 1.54) is 0 Å². The van der Waals surface area contributed by atoms with Crippen LogP contribution in [0.1, 0.15) is 63.5 Å². The second-order valence-electron chi connectivity index (χ2n) is 10.1. The van der Waals surface area contributed by atoms with Gasteiger partial charge >= 0.3 is 18.2 Å². The maximum atomic E-state index is 13.3. The highest BCUT2D eigenvalue weighted by Crippen LogP contribution is 2.28. The van der Waals surface area contributed by atoms with Gasteiger partial charge in [-0.15, -0.1) is 0 Å². The van der Waals surface area contributed by atoms with Crippen LogP contribution in [0.5, 0.6) is 0 Å². The molecule has 218 valence electrons. The van der Waals surface area contributed by atoms with E-state index < -0.39 is 23.8 Å². The quantitative estimate of drug-likeness (QED) is 0.241. The SMILES string of the molecule is CCOC(=O)NC(=S)Nc1nc(N2CCCC(NC(=O)OC(C)(C)C)C2)n(Cc2ccccc2)c1C(=O)OCC. The minimum absolute atomic E-state index is 0.0805. The molecule has 2 aromatic rings. The minimum Gasteiger partial charge on any atom is -0.461 e. The normalized spacial score (nSPS) is 15.1. The van der Waals surface area contributed by atoms with Gasteiger partial charge in [-0.05, 0) is 65.2 Å². The lowest BCUT2D eigenvalue weighted by Gasteiger charge is -2.34. The van der Waals surface area contributed by atoms with E-state index in [-0.39, 0.29) is 35.9 Å². The van der Waals surface area contributed by atoms with Gasteiger partial charge in [0, 0.05) is 19.1 Å². The second-order valence-corrected chi connectivity index (χ2v) is 10.5. The third-order valence-corrected chi connectivity index (χ3v) is 5.95. The number of alkyl carbamates (subject to hydrolysis) is 2. The number of imidazole rings is 1. The topological polar surface area (TPSA) is 136 Å². The number of carbonyl (C=O) groups is 3. The van der Waals surface area contributed by atoms with Gasteiger partial charge in [0.25, 0.3) is 0 Å². The third kappa shape index (κ3) is 8.83. The fourth-order valence-electron chi connectivity index (χ4n) is 4.24. The molecule has 1 unspecified atom stereocenters. The van der Waals surface area contributed by atoms with Crippen LogP contribution in [-0.4, -0.2) is 70.8 Å². The maximum Gasteiger partial charge on any atom is 0.413 e. The summed E-state index contributed by atoms with van der Waals surface area (Å²) in [7, 11) is 0. The molecule has 1 atom stereocenters. The molecular formula is C27H38N6O6S. The molecule has 2 amide bonds. The first-order valence-corrected chi connectivity index (χ1v) is 13.7. The molecule has 40 heavy (non-hydrogen) atoms. The van der Waals surface area contributed by atoms with Crippen LogP contribution in [0.15, 0.2) is 30.3 Å².